The first-order valence-electron chi connectivity index (χ1n) is 8.40. The molecule has 1 heterocycles. The van der Waals surface area contributed by atoms with Crippen LogP contribution in [0.5, 0.6) is 0 Å². The Hall–Kier alpha value is -3.41. The van der Waals surface area contributed by atoms with Crippen LogP contribution in [0.25, 0.3) is 5.69 Å². The largest absolute Gasteiger partial charge is 0.321 e. The molecule has 0 aliphatic heterocycles. The number of rotatable bonds is 5. The molecule has 26 heavy (non-hydrogen) atoms. The van der Waals surface area contributed by atoms with Crippen molar-refractivity contribution >= 4 is 23.3 Å². The Morgan fingerprint density at radius 3 is 2.46 bits per heavy atom. The van der Waals surface area contributed by atoms with Gasteiger partial charge in [0, 0.05) is 18.2 Å². The van der Waals surface area contributed by atoms with Crippen molar-refractivity contribution < 1.29 is 9.59 Å². The molecule has 0 saturated heterocycles. The summed E-state index contributed by atoms with van der Waals surface area (Å²) in [5, 5.41) is 10.00. The number of amides is 2. The molecule has 3 aromatic rings. The first-order valence-corrected chi connectivity index (χ1v) is 8.40. The van der Waals surface area contributed by atoms with Crippen molar-refractivity contribution in [1.82, 2.24) is 9.78 Å². The highest BCUT2D eigenvalue weighted by Crippen LogP contribution is 2.19. The number of aromatic nitrogens is 2. The lowest BCUT2D eigenvalue weighted by molar-refractivity contribution is -0.115. The molecule has 0 aliphatic rings. The number of carbonyl (C=O) groups is 2. The minimum absolute atomic E-state index is 0.146. The number of nitrogens with zero attached hydrogens (tertiary/aromatic N) is 2. The molecule has 0 atom stereocenters. The van der Waals surface area contributed by atoms with Gasteiger partial charge in [-0.25, -0.2) is 4.68 Å². The highest BCUT2D eigenvalue weighted by Gasteiger charge is 2.17. The van der Waals surface area contributed by atoms with Crippen LogP contribution in [0.15, 0.2) is 60.7 Å². The van der Waals surface area contributed by atoms with E-state index in [0.717, 1.165) is 11.3 Å². The van der Waals surface area contributed by atoms with Gasteiger partial charge < -0.3 is 10.6 Å². The minimum Gasteiger partial charge on any atom is -0.321 e. The van der Waals surface area contributed by atoms with Gasteiger partial charge in [-0.2, -0.15) is 5.10 Å². The molecular formula is C20H20N4O2. The molecular weight excluding hydrogens is 328 g/mol. The second kappa shape index (κ2) is 7.65. The van der Waals surface area contributed by atoms with Crippen molar-refractivity contribution in [2.75, 3.05) is 10.6 Å². The van der Waals surface area contributed by atoms with Crippen LogP contribution in [0.4, 0.5) is 11.5 Å². The van der Waals surface area contributed by atoms with Crippen LogP contribution in [0.1, 0.15) is 29.4 Å². The van der Waals surface area contributed by atoms with Crippen LogP contribution in [0.3, 0.4) is 0 Å². The van der Waals surface area contributed by atoms with E-state index >= 15 is 0 Å². The summed E-state index contributed by atoms with van der Waals surface area (Å²) in [5.41, 5.74) is 2.73. The Kier molecular flexibility index (Phi) is 5.12. The lowest BCUT2D eigenvalue weighted by Crippen LogP contribution is -2.14. The Morgan fingerprint density at radius 1 is 1.00 bits per heavy atom. The molecule has 0 unspecified atom stereocenters. The molecule has 3 rings (SSSR count). The van der Waals surface area contributed by atoms with Crippen LogP contribution < -0.4 is 10.6 Å². The highest BCUT2D eigenvalue weighted by molar-refractivity contribution is 6.04. The van der Waals surface area contributed by atoms with Gasteiger partial charge in [-0.3, -0.25) is 9.59 Å². The van der Waals surface area contributed by atoms with E-state index in [1.54, 1.807) is 17.7 Å². The molecule has 132 valence electrons. The fourth-order valence-electron chi connectivity index (χ4n) is 2.50. The van der Waals surface area contributed by atoms with Gasteiger partial charge in [0.05, 0.1) is 5.69 Å². The third-order valence-corrected chi connectivity index (χ3v) is 3.81. The van der Waals surface area contributed by atoms with Crippen molar-refractivity contribution in [2.24, 2.45) is 0 Å². The lowest BCUT2D eigenvalue weighted by Gasteiger charge is -2.07. The third kappa shape index (κ3) is 3.97. The van der Waals surface area contributed by atoms with Crippen LogP contribution in [-0.4, -0.2) is 21.6 Å². The lowest BCUT2D eigenvalue weighted by atomic mass is 10.2. The van der Waals surface area contributed by atoms with E-state index in [9.17, 15) is 9.59 Å². The highest BCUT2D eigenvalue weighted by atomic mass is 16.2. The van der Waals surface area contributed by atoms with Crippen molar-refractivity contribution in [2.45, 2.75) is 20.3 Å². The first kappa shape index (κ1) is 17.4. The number of anilines is 2. The predicted molar refractivity (Wildman–Crippen MR) is 102 cm³/mol. The van der Waals surface area contributed by atoms with E-state index in [1.165, 1.54) is 0 Å². The molecule has 0 fully saturated rings. The average Bonchev–Trinajstić information content (AvgIpc) is 3.06. The average molecular weight is 348 g/mol. The summed E-state index contributed by atoms with van der Waals surface area (Å²) < 4.78 is 1.55. The Morgan fingerprint density at radius 2 is 1.77 bits per heavy atom. The molecule has 0 bridgehead atoms. The fraction of sp³-hybridized carbons (Fsp3) is 0.150. The van der Waals surface area contributed by atoms with Crippen LogP contribution >= 0.6 is 0 Å². The summed E-state index contributed by atoms with van der Waals surface area (Å²) in [6.45, 7) is 3.72. The first-order chi connectivity index (χ1) is 12.6. The van der Waals surface area contributed by atoms with Gasteiger partial charge in [0.25, 0.3) is 5.91 Å². The van der Waals surface area contributed by atoms with Crippen LogP contribution in [0, 0.1) is 6.92 Å². The summed E-state index contributed by atoms with van der Waals surface area (Å²) >= 11 is 0. The molecule has 0 aliphatic carbocycles. The van der Waals surface area contributed by atoms with Gasteiger partial charge >= 0.3 is 0 Å². The van der Waals surface area contributed by atoms with E-state index in [4.69, 9.17) is 0 Å². The molecule has 6 heteroatoms. The normalized spacial score (nSPS) is 10.4. The molecule has 1 aromatic heterocycles. The third-order valence-electron chi connectivity index (χ3n) is 3.81. The second-order valence-electron chi connectivity index (χ2n) is 5.89. The number of hydrogen-bond donors (Lipinski definition) is 2. The number of hydrogen-bond acceptors (Lipinski definition) is 3. The minimum atomic E-state index is -0.336. The summed E-state index contributed by atoms with van der Waals surface area (Å²) in [7, 11) is 0. The van der Waals surface area contributed by atoms with Crippen LogP contribution in [0.2, 0.25) is 0 Å². The maximum absolute atomic E-state index is 12.6. The summed E-state index contributed by atoms with van der Waals surface area (Å²) in [4.78, 5) is 24.4. The van der Waals surface area contributed by atoms with E-state index in [0.29, 0.717) is 17.9 Å². The molecule has 6 nitrogen and oxygen atoms in total. The summed E-state index contributed by atoms with van der Waals surface area (Å²) in [6.07, 6.45) is 0.338. The zero-order chi connectivity index (χ0) is 18.5. The maximum Gasteiger partial charge on any atom is 0.276 e. The number of nitrogens with one attached hydrogen (secondary N) is 2. The van der Waals surface area contributed by atoms with Crippen molar-refractivity contribution in [3.63, 3.8) is 0 Å². The van der Waals surface area contributed by atoms with Crippen molar-refractivity contribution in [3.8, 4) is 5.69 Å². The van der Waals surface area contributed by atoms with E-state index in [2.05, 4.69) is 15.7 Å². The molecule has 2 amide bonds. The molecule has 2 N–H and O–H groups in total. The Bertz CT molecular complexity index is 932. The number of aryl methyl sites for hydroxylation is 1. The second-order valence-corrected chi connectivity index (χ2v) is 5.89. The maximum atomic E-state index is 12.6. The van der Waals surface area contributed by atoms with E-state index in [-0.39, 0.29) is 17.5 Å². The van der Waals surface area contributed by atoms with Gasteiger partial charge in [-0.1, -0.05) is 37.3 Å². The smallest absolute Gasteiger partial charge is 0.276 e. The summed E-state index contributed by atoms with van der Waals surface area (Å²) in [5.74, 6) is -0.0255. The topological polar surface area (TPSA) is 76.0 Å². The quantitative estimate of drug-likeness (QED) is 0.737. The van der Waals surface area contributed by atoms with Gasteiger partial charge in [0.15, 0.2) is 5.69 Å². The zero-order valence-electron chi connectivity index (χ0n) is 14.7. The molecule has 2 aromatic carbocycles. The molecule has 0 spiro atoms. The van der Waals surface area contributed by atoms with Crippen molar-refractivity contribution in [3.05, 3.63) is 71.9 Å². The fourth-order valence-corrected chi connectivity index (χ4v) is 2.50. The standard InChI is InChI=1S/C20H20N4O2/c1-3-19(25)22-18-13-17(23-24(18)16-10-5-4-6-11-16)20(26)21-15-9-7-8-14(2)12-15/h4-13H,3H2,1-2H3,(H,21,26)(H,22,25). The predicted octanol–water partition coefficient (Wildman–Crippen LogP) is 3.78. The Labute approximate surface area is 151 Å². The zero-order valence-corrected chi connectivity index (χ0v) is 14.7. The SMILES string of the molecule is CCC(=O)Nc1cc(C(=O)Nc2cccc(C)c2)nn1-c1ccccc1. The number of para-hydroxylation sites is 1. The monoisotopic (exact) mass is 348 g/mol. The van der Waals surface area contributed by atoms with E-state index < -0.39 is 0 Å². The van der Waals surface area contributed by atoms with Gasteiger partial charge in [-0.05, 0) is 36.8 Å². The molecule has 0 saturated carbocycles. The Balaban J connectivity index is 1.92. The summed E-state index contributed by atoms with van der Waals surface area (Å²) in [6, 6.07) is 18.5. The number of carbonyl (C=O) groups excluding carboxylic acids is 2. The van der Waals surface area contributed by atoms with Gasteiger partial charge in [0.2, 0.25) is 5.91 Å². The van der Waals surface area contributed by atoms with E-state index in [1.807, 2.05) is 61.5 Å². The van der Waals surface area contributed by atoms with Crippen molar-refractivity contribution in [1.29, 1.82) is 0 Å². The molecule has 0 radical (unpaired) electrons. The van der Waals surface area contributed by atoms with Gasteiger partial charge in [0.1, 0.15) is 5.82 Å². The van der Waals surface area contributed by atoms with Gasteiger partial charge in [-0.15, -0.1) is 0 Å². The van der Waals surface area contributed by atoms with Crippen LogP contribution in [-0.2, 0) is 4.79 Å². The number of benzene rings is 2.